The van der Waals surface area contributed by atoms with Crippen molar-refractivity contribution < 1.29 is 4.74 Å². The fourth-order valence-corrected chi connectivity index (χ4v) is 2.89. The molecule has 0 unspecified atom stereocenters. The van der Waals surface area contributed by atoms with Crippen molar-refractivity contribution in [3.63, 3.8) is 0 Å². The van der Waals surface area contributed by atoms with E-state index in [-0.39, 0.29) is 0 Å². The molecule has 1 aromatic heterocycles. The number of rotatable bonds is 7. The fraction of sp³-hybridized carbons (Fsp3) is 0.211. The maximum absolute atomic E-state index is 5.75. The number of hydrogen-bond acceptors (Lipinski definition) is 4. The molecule has 3 aromatic rings. The van der Waals surface area contributed by atoms with E-state index in [1.54, 1.807) is 11.3 Å². The molecule has 0 atom stereocenters. The lowest BCUT2D eigenvalue weighted by molar-refractivity contribution is 0.107. The first-order chi connectivity index (χ1) is 11.3. The average Bonchev–Trinajstić information content (AvgIpc) is 3.01. The van der Waals surface area contributed by atoms with Gasteiger partial charge in [-0.1, -0.05) is 54.6 Å². The van der Waals surface area contributed by atoms with Crippen LogP contribution in [0.15, 0.2) is 60.8 Å². The number of hydrogen-bond donors (Lipinski definition) is 1. The molecule has 0 saturated carbocycles. The summed E-state index contributed by atoms with van der Waals surface area (Å²) in [6, 6.07) is 18.7. The molecular formula is C19H20N2OS. The van der Waals surface area contributed by atoms with Gasteiger partial charge in [-0.15, -0.1) is 11.3 Å². The molecule has 0 bridgehead atoms. The molecular weight excluding hydrogens is 304 g/mol. The van der Waals surface area contributed by atoms with Crippen molar-refractivity contribution in [2.75, 3.05) is 5.32 Å². The summed E-state index contributed by atoms with van der Waals surface area (Å²) in [6.07, 6.45) is 1.89. The van der Waals surface area contributed by atoms with Crippen LogP contribution in [0.25, 0.3) is 0 Å². The first-order valence-corrected chi connectivity index (χ1v) is 8.47. The lowest BCUT2D eigenvalue weighted by Crippen LogP contribution is -1.99. The maximum atomic E-state index is 5.75. The summed E-state index contributed by atoms with van der Waals surface area (Å²) < 4.78 is 5.75. The second-order valence-corrected chi connectivity index (χ2v) is 6.66. The minimum absolute atomic E-state index is 0.633. The fourth-order valence-electron chi connectivity index (χ4n) is 2.23. The Labute approximate surface area is 141 Å². The highest BCUT2D eigenvalue weighted by Gasteiger charge is 1.99. The quantitative estimate of drug-likeness (QED) is 0.679. The highest BCUT2D eigenvalue weighted by Crippen LogP contribution is 2.17. The third-order valence-electron chi connectivity index (χ3n) is 3.47. The van der Waals surface area contributed by atoms with Crippen molar-refractivity contribution in [1.82, 2.24) is 4.98 Å². The zero-order chi connectivity index (χ0) is 15.9. The third kappa shape index (κ3) is 4.91. The second kappa shape index (κ2) is 7.90. The smallest absolute Gasteiger partial charge is 0.183 e. The number of ether oxygens (including phenoxy) is 1. The van der Waals surface area contributed by atoms with Crippen molar-refractivity contribution in [2.24, 2.45) is 0 Å². The van der Waals surface area contributed by atoms with Crippen LogP contribution >= 0.6 is 11.3 Å². The van der Waals surface area contributed by atoms with Gasteiger partial charge in [0.1, 0.15) is 0 Å². The number of nitrogens with zero attached hydrogens (tertiary/aromatic N) is 1. The van der Waals surface area contributed by atoms with Crippen LogP contribution in [-0.2, 0) is 24.5 Å². The van der Waals surface area contributed by atoms with E-state index >= 15 is 0 Å². The largest absolute Gasteiger partial charge is 0.372 e. The van der Waals surface area contributed by atoms with Gasteiger partial charge in [0.05, 0.1) is 13.2 Å². The van der Waals surface area contributed by atoms with E-state index in [2.05, 4.69) is 53.6 Å². The van der Waals surface area contributed by atoms with Gasteiger partial charge < -0.3 is 10.1 Å². The first kappa shape index (κ1) is 15.7. The summed E-state index contributed by atoms with van der Waals surface area (Å²) in [5.74, 6) is 0. The molecule has 118 valence electrons. The van der Waals surface area contributed by atoms with Gasteiger partial charge in [-0.2, -0.15) is 0 Å². The zero-order valence-corrected chi connectivity index (χ0v) is 14.0. The molecule has 0 aliphatic carbocycles. The number of nitrogens with one attached hydrogen (secondary N) is 1. The first-order valence-electron chi connectivity index (χ1n) is 7.65. The molecule has 3 nitrogen and oxygen atoms in total. The van der Waals surface area contributed by atoms with Gasteiger partial charge in [-0.3, -0.25) is 0 Å². The predicted molar refractivity (Wildman–Crippen MR) is 95.6 cm³/mol. The van der Waals surface area contributed by atoms with E-state index in [1.165, 1.54) is 21.6 Å². The summed E-state index contributed by atoms with van der Waals surface area (Å²) in [6.45, 7) is 4.13. The Morgan fingerprint density at radius 3 is 2.22 bits per heavy atom. The van der Waals surface area contributed by atoms with Crippen LogP contribution in [0.5, 0.6) is 0 Å². The lowest BCUT2D eigenvalue weighted by atomic mass is 10.1. The molecule has 2 aromatic carbocycles. The summed E-state index contributed by atoms with van der Waals surface area (Å²) in [7, 11) is 0. The van der Waals surface area contributed by atoms with Gasteiger partial charge in [-0.05, 0) is 23.6 Å². The van der Waals surface area contributed by atoms with Crippen LogP contribution in [0.1, 0.15) is 21.6 Å². The molecule has 0 spiro atoms. The summed E-state index contributed by atoms with van der Waals surface area (Å²) in [5.41, 5.74) is 3.63. The standard InChI is InChI=1S/C19H20N2OS/c1-15-11-20-19(23-15)21-12-16-7-9-18(10-8-16)14-22-13-17-5-3-2-4-6-17/h2-11H,12-14H2,1H3,(H,20,21). The van der Waals surface area contributed by atoms with Gasteiger partial charge in [-0.25, -0.2) is 4.98 Å². The van der Waals surface area contributed by atoms with Gasteiger partial charge in [0.2, 0.25) is 0 Å². The van der Waals surface area contributed by atoms with E-state index in [4.69, 9.17) is 4.74 Å². The van der Waals surface area contributed by atoms with Crippen molar-refractivity contribution in [2.45, 2.75) is 26.7 Å². The van der Waals surface area contributed by atoms with Crippen LogP contribution in [-0.4, -0.2) is 4.98 Å². The topological polar surface area (TPSA) is 34.2 Å². The molecule has 0 aliphatic heterocycles. The summed E-state index contributed by atoms with van der Waals surface area (Å²) in [4.78, 5) is 5.53. The van der Waals surface area contributed by atoms with Gasteiger partial charge in [0.25, 0.3) is 0 Å². The maximum Gasteiger partial charge on any atom is 0.183 e. The van der Waals surface area contributed by atoms with Gasteiger partial charge in [0, 0.05) is 17.6 Å². The molecule has 4 heteroatoms. The SMILES string of the molecule is Cc1cnc(NCc2ccc(COCc3ccccc3)cc2)s1. The van der Waals surface area contributed by atoms with Gasteiger partial charge >= 0.3 is 0 Å². The molecule has 0 saturated heterocycles. The normalized spacial score (nSPS) is 10.7. The van der Waals surface area contributed by atoms with Crippen molar-refractivity contribution in [3.8, 4) is 0 Å². The summed E-state index contributed by atoms with van der Waals surface area (Å²) in [5, 5.41) is 4.31. The van der Waals surface area contributed by atoms with Crippen molar-refractivity contribution >= 4 is 16.5 Å². The highest BCUT2D eigenvalue weighted by atomic mass is 32.1. The Balaban J connectivity index is 1.45. The van der Waals surface area contributed by atoms with Crippen molar-refractivity contribution in [1.29, 1.82) is 0 Å². The third-order valence-corrected chi connectivity index (χ3v) is 4.34. The Morgan fingerprint density at radius 2 is 1.57 bits per heavy atom. The zero-order valence-electron chi connectivity index (χ0n) is 13.2. The van der Waals surface area contributed by atoms with E-state index in [0.29, 0.717) is 13.2 Å². The molecule has 23 heavy (non-hydrogen) atoms. The average molecular weight is 324 g/mol. The van der Waals surface area contributed by atoms with Gasteiger partial charge in [0.15, 0.2) is 5.13 Å². The molecule has 1 N–H and O–H groups in total. The second-order valence-electron chi connectivity index (χ2n) is 5.42. The Hall–Kier alpha value is -2.17. The molecule has 3 rings (SSSR count). The minimum atomic E-state index is 0.633. The molecule has 1 heterocycles. The number of anilines is 1. The van der Waals surface area contributed by atoms with E-state index in [0.717, 1.165) is 11.7 Å². The van der Waals surface area contributed by atoms with E-state index < -0.39 is 0 Å². The molecule has 0 aliphatic rings. The lowest BCUT2D eigenvalue weighted by Gasteiger charge is -2.07. The number of thiazole rings is 1. The Morgan fingerprint density at radius 1 is 0.913 bits per heavy atom. The minimum Gasteiger partial charge on any atom is -0.372 e. The van der Waals surface area contributed by atoms with Crippen LogP contribution in [0, 0.1) is 6.92 Å². The Kier molecular flexibility index (Phi) is 5.40. The predicted octanol–water partition coefficient (Wildman–Crippen LogP) is 4.78. The molecule has 0 radical (unpaired) electrons. The number of aromatic nitrogens is 1. The Bertz CT molecular complexity index is 723. The number of benzene rings is 2. The molecule has 0 fully saturated rings. The van der Waals surface area contributed by atoms with Crippen LogP contribution in [0.4, 0.5) is 5.13 Å². The highest BCUT2D eigenvalue weighted by molar-refractivity contribution is 7.15. The van der Waals surface area contributed by atoms with E-state index in [9.17, 15) is 0 Å². The van der Waals surface area contributed by atoms with Crippen LogP contribution in [0.3, 0.4) is 0 Å². The summed E-state index contributed by atoms with van der Waals surface area (Å²) >= 11 is 1.68. The van der Waals surface area contributed by atoms with Crippen LogP contribution in [0.2, 0.25) is 0 Å². The molecule has 0 amide bonds. The van der Waals surface area contributed by atoms with Crippen molar-refractivity contribution in [3.05, 3.63) is 82.4 Å². The van der Waals surface area contributed by atoms with E-state index in [1.807, 2.05) is 24.4 Å². The number of aryl methyl sites for hydroxylation is 1. The van der Waals surface area contributed by atoms with Crippen LogP contribution < -0.4 is 5.32 Å². The monoisotopic (exact) mass is 324 g/mol.